The lowest BCUT2D eigenvalue weighted by Crippen LogP contribution is -2.54. The molecule has 2 aliphatic rings. The van der Waals surface area contributed by atoms with Gasteiger partial charge in [0.15, 0.2) is 0 Å². The van der Waals surface area contributed by atoms with Crippen molar-refractivity contribution in [3.63, 3.8) is 0 Å². The molecule has 0 radical (unpaired) electrons. The molecule has 0 aliphatic carbocycles. The van der Waals surface area contributed by atoms with Gasteiger partial charge >= 0.3 is 12.2 Å². The van der Waals surface area contributed by atoms with Crippen LogP contribution in [0, 0.1) is 10.1 Å². The topological polar surface area (TPSA) is 86.1 Å². The van der Waals surface area contributed by atoms with Crippen LogP contribution < -0.4 is 10.1 Å². The number of nitrogens with one attached hydrogen (secondary N) is 1. The lowest BCUT2D eigenvalue weighted by atomic mass is 10.1. The smallest absolute Gasteiger partial charge is 0.406 e. The third-order valence-electron chi connectivity index (χ3n) is 4.19. The molecule has 0 aromatic heterocycles. The molecule has 11 heteroatoms. The highest BCUT2D eigenvalue weighted by molar-refractivity contribution is 5.27. The maximum atomic E-state index is 12.2. The van der Waals surface area contributed by atoms with Gasteiger partial charge < -0.3 is 29.2 Å². The molecule has 1 aromatic carbocycles. The zero-order valence-corrected chi connectivity index (χ0v) is 14.3. The molecule has 3 atom stereocenters. The maximum absolute atomic E-state index is 12.2. The number of hydrogen-bond donors (Lipinski definition) is 1. The molecule has 1 aromatic rings. The Morgan fingerprint density at radius 3 is 2.67 bits per heavy atom. The van der Waals surface area contributed by atoms with Gasteiger partial charge in [-0.2, -0.15) is 0 Å². The molecular weight excluding hydrogens is 371 g/mol. The number of nitro groups is 1. The minimum atomic E-state index is -4.73. The average molecular weight is 389 g/mol. The zero-order chi connectivity index (χ0) is 19.6. The van der Waals surface area contributed by atoms with E-state index in [1.807, 2.05) is 6.92 Å². The predicted octanol–water partition coefficient (Wildman–Crippen LogP) is 2.54. The molecule has 1 fully saturated rings. The first-order chi connectivity index (χ1) is 12.7. The lowest BCUT2D eigenvalue weighted by Gasteiger charge is -2.38. The van der Waals surface area contributed by atoms with E-state index >= 15 is 0 Å². The number of hydrogen-bond acceptors (Lipinski definition) is 7. The lowest BCUT2D eigenvalue weighted by molar-refractivity contribution is -0.432. The first-order valence-corrected chi connectivity index (χ1v) is 8.25. The molecular formula is C16H18F3N3O5. The third kappa shape index (κ3) is 4.80. The van der Waals surface area contributed by atoms with E-state index in [0.29, 0.717) is 18.5 Å². The van der Waals surface area contributed by atoms with Crippen LogP contribution in [0.1, 0.15) is 18.9 Å². The summed E-state index contributed by atoms with van der Waals surface area (Å²) in [5.41, 5.74) is 0.669. The van der Waals surface area contributed by atoms with Crippen LogP contribution in [0.5, 0.6) is 5.75 Å². The molecule has 27 heavy (non-hydrogen) atoms. The third-order valence-corrected chi connectivity index (χ3v) is 4.19. The summed E-state index contributed by atoms with van der Waals surface area (Å²) >= 11 is 0. The van der Waals surface area contributed by atoms with Crippen LogP contribution in [0.25, 0.3) is 0 Å². The van der Waals surface area contributed by atoms with Gasteiger partial charge in [-0.25, -0.2) is 5.32 Å². The van der Waals surface area contributed by atoms with Gasteiger partial charge in [0.2, 0.25) is 0 Å². The highest BCUT2D eigenvalue weighted by Gasteiger charge is 2.42. The highest BCUT2D eigenvalue weighted by atomic mass is 19.4. The molecule has 1 N–H and O–H groups in total. The molecule has 148 valence electrons. The number of fused-ring (bicyclic) bond motifs is 1. The number of ether oxygens (including phenoxy) is 3. The van der Waals surface area contributed by atoms with Gasteiger partial charge in [0.05, 0.1) is 25.5 Å². The van der Waals surface area contributed by atoms with E-state index in [1.54, 1.807) is 4.90 Å². The van der Waals surface area contributed by atoms with Crippen LogP contribution in [0.2, 0.25) is 0 Å². The van der Waals surface area contributed by atoms with E-state index in [-0.39, 0.29) is 30.4 Å². The van der Waals surface area contributed by atoms with Crippen LogP contribution in [0.15, 0.2) is 36.3 Å². The number of halogens is 3. The molecule has 0 bridgehead atoms. The van der Waals surface area contributed by atoms with Crippen molar-refractivity contribution in [2.45, 2.75) is 44.9 Å². The van der Waals surface area contributed by atoms with Crippen LogP contribution in [-0.4, -0.2) is 41.3 Å². The van der Waals surface area contributed by atoms with Crippen LogP contribution >= 0.6 is 0 Å². The number of nitrogens with zero attached hydrogens (tertiary/aromatic N) is 2. The van der Waals surface area contributed by atoms with Crippen molar-refractivity contribution in [3.05, 3.63) is 52.0 Å². The molecule has 3 rings (SSSR count). The van der Waals surface area contributed by atoms with Crippen molar-refractivity contribution in [1.29, 1.82) is 0 Å². The van der Waals surface area contributed by atoms with Gasteiger partial charge in [0.25, 0.3) is 6.35 Å². The van der Waals surface area contributed by atoms with Gasteiger partial charge in [-0.1, -0.05) is 19.1 Å². The van der Waals surface area contributed by atoms with E-state index in [2.05, 4.69) is 10.1 Å². The van der Waals surface area contributed by atoms with Crippen LogP contribution in [-0.2, 0) is 16.1 Å². The Labute approximate surface area is 152 Å². The van der Waals surface area contributed by atoms with E-state index in [9.17, 15) is 23.3 Å². The second kappa shape index (κ2) is 7.61. The number of alkyl halides is 3. The summed E-state index contributed by atoms with van der Waals surface area (Å²) < 4.78 is 52.0. The van der Waals surface area contributed by atoms with Gasteiger partial charge in [-0.15, -0.1) is 13.2 Å². The van der Waals surface area contributed by atoms with Crippen molar-refractivity contribution in [2.75, 3.05) is 6.54 Å². The second-order valence-corrected chi connectivity index (χ2v) is 6.09. The second-order valence-electron chi connectivity index (χ2n) is 6.09. The first kappa shape index (κ1) is 19.2. The molecule has 1 unspecified atom stereocenters. The average Bonchev–Trinajstić information content (AvgIpc) is 3.02. The van der Waals surface area contributed by atoms with Gasteiger partial charge in [-0.3, -0.25) is 0 Å². The Morgan fingerprint density at radius 1 is 1.37 bits per heavy atom. The monoisotopic (exact) mass is 389 g/mol. The van der Waals surface area contributed by atoms with E-state index < -0.39 is 17.6 Å². The van der Waals surface area contributed by atoms with E-state index in [4.69, 9.17) is 9.47 Å². The van der Waals surface area contributed by atoms with Gasteiger partial charge in [-0.05, 0) is 29.0 Å². The quantitative estimate of drug-likeness (QED) is 0.591. The number of rotatable bonds is 6. The van der Waals surface area contributed by atoms with Crippen molar-refractivity contribution in [3.8, 4) is 5.75 Å². The van der Waals surface area contributed by atoms with Gasteiger partial charge in [0, 0.05) is 0 Å². The summed E-state index contributed by atoms with van der Waals surface area (Å²) in [5.74, 6) is -0.446. The number of benzene rings is 1. The SMILES string of the molecule is CC[C@H]1OC2NC([N+](=O)[O-])=CN2C[C@@H]1OCc1ccc(OC(F)(F)F)cc1. The predicted molar refractivity (Wildman–Crippen MR) is 85.6 cm³/mol. The Bertz CT molecular complexity index is 710. The Balaban J connectivity index is 1.58. The molecule has 1 saturated heterocycles. The molecule has 0 saturated carbocycles. The van der Waals surface area contributed by atoms with Crippen molar-refractivity contribution < 1.29 is 32.3 Å². The van der Waals surface area contributed by atoms with Crippen LogP contribution in [0.3, 0.4) is 0 Å². The standard InChI is InChI=1S/C16H18F3N3O5/c1-2-12-13(7-21-8-14(22(23)24)20-15(21)26-12)25-9-10-3-5-11(6-4-10)27-16(17,18)19/h3-6,8,12-13,15,20H,2,7,9H2,1H3/t12-,13+,15?/m1/s1. The molecule has 0 amide bonds. The summed E-state index contributed by atoms with van der Waals surface area (Å²) in [4.78, 5) is 12.0. The largest absolute Gasteiger partial charge is 0.573 e. The molecule has 8 nitrogen and oxygen atoms in total. The Hall–Kier alpha value is -2.53. The minimum absolute atomic E-state index is 0.143. The van der Waals surface area contributed by atoms with Crippen LogP contribution in [0.4, 0.5) is 13.2 Å². The summed E-state index contributed by atoms with van der Waals surface area (Å²) in [5, 5.41) is 13.6. The van der Waals surface area contributed by atoms with Gasteiger partial charge in [0.1, 0.15) is 11.9 Å². The maximum Gasteiger partial charge on any atom is 0.573 e. The normalized spacial score (nSPS) is 24.8. The van der Waals surface area contributed by atoms with E-state index in [0.717, 1.165) is 0 Å². The molecule has 2 aliphatic heterocycles. The first-order valence-electron chi connectivity index (χ1n) is 8.25. The fourth-order valence-corrected chi connectivity index (χ4v) is 2.92. The van der Waals surface area contributed by atoms with E-state index in [1.165, 1.54) is 30.5 Å². The Kier molecular flexibility index (Phi) is 5.42. The summed E-state index contributed by atoms with van der Waals surface area (Å²) in [6.07, 6.45) is -3.94. The summed E-state index contributed by atoms with van der Waals surface area (Å²) in [6.45, 7) is 2.47. The Morgan fingerprint density at radius 2 is 2.07 bits per heavy atom. The highest BCUT2D eigenvalue weighted by Crippen LogP contribution is 2.26. The van der Waals surface area contributed by atoms with Crippen molar-refractivity contribution in [2.24, 2.45) is 0 Å². The fraction of sp³-hybridized carbons (Fsp3) is 0.500. The molecule has 2 heterocycles. The molecule has 0 spiro atoms. The zero-order valence-electron chi connectivity index (χ0n) is 14.3. The van der Waals surface area contributed by atoms with Crippen molar-refractivity contribution >= 4 is 0 Å². The minimum Gasteiger partial charge on any atom is -0.406 e. The van der Waals surface area contributed by atoms with Crippen molar-refractivity contribution in [1.82, 2.24) is 10.2 Å². The fourth-order valence-electron chi connectivity index (χ4n) is 2.92. The summed E-state index contributed by atoms with van der Waals surface area (Å²) in [7, 11) is 0. The summed E-state index contributed by atoms with van der Waals surface area (Å²) in [6, 6.07) is 5.40.